The Morgan fingerprint density at radius 3 is 2.71 bits per heavy atom. The Balaban J connectivity index is 2.72. The first-order valence-electron chi connectivity index (χ1n) is 5.23. The van der Waals surface area contributed by atoms with Gasteiger partial charge in [0.25, 0.3) is 0 Å². The Kier molecular flexibility index (Phi) is 4.63. The van der Waals surface area contributed by atoms with E-state index in [9.17, 15) is 0 Å². The molecular formula is C12H19NO. The third-order valence-corrected chi connectivity index (χ3v) is 2.51. The van der Waals surface area contributed by atoms with Crippen LogP contribution in [0.1, 0.15) is 36.9 Å². The summed E-state index contributed by atoms with van der Waals surface area (Å²) >= 11 is 0. The van der Waals surface area contributed by atoms with Crippen LogP contribution in [0.5, 0.6) is 0 Å². The summed E-state index contributed by atoms with van der Waals surface area (Å²) in [6.45, 7) is 2.36. The molecule has 0 saturated carbocycles. The van der Waals surface area contributed by atoms with Crippen molar-refractivity contribution >= 4 is 0 Å². The van der Waals surface area contributed by atoms with Gasteiger partial charge in [-0.25, -0.2) is 0 Å². The normalized spacial score (nSPS) is 12.8. The molecule has 0 aliphatic rings. The maximum Gasteiger partial charge on any atom is 0.0431 e. The van der Waals surface area contributed by atoms with Crippen LogP contribution in [-0.4, -0.2) is 11.7 Å². The number of aliphatic hydroxyl groups excluding tert-OH is 1. The third kappa shape index (κ3) is 2.82. The number of aryl methyl sites for hydroxylation is 1. The first-order chi connectivity index (χ1) is 6.79. The molecule has 0 radical (unpaired) electrons. The molecule has 1 atom stereocenters. The maximum absolute atomic E-state index is 8.73. The van der Waals surface area contributed by atoms with Crippen molar-refractivity contribution in [2.24, 2.45) is 5.73 Å². The molecule has 2 nitrogen and oxygen atoms in total. The molecule has 0 spiro atoms. The van der Waals surface area contributed by atoms with Gasteiger partial charge in [0.15, 0.2) is 0 Å². The number of aliphatic hydroxyl groups is 1. The summed E-state index contributed by atoms with van der Waals surface area (Å²) < 4.78 is 0. The summed E-state index contributed by atoms with van der Waals surface area (Å²) in [5.74, 6) is 0. The van der Waals surface area contributed by atoms with Crippen LogP contribution in [0, 0.1) is 0 Å². The lowest BCUT2D eigenvalue weighted by Crippen LogP contribution is -2.12. The van der Waals surface area contributed by atoms with Gasteiger partial charge < -0.3 is 10.8 Å². The van der Waals surface area contributed by atoms with Gasteiger partial charge in [0, 0.05) is 12.6 Å². The summed E-state index contributed by atoms with van der Waals surface area (Å²) in [4.78, 5) is 0. The molecule has 0 unspecified atom stereocenters. The van der Waals surface area contributed by atoms with E-state index in [0.29, 0.717) is 0 Å². The third-order valence-electron chi connectivity index (χ3n) is 2.51. The van der Waals surface area contributed by atoms with Gasteiger partial charge in [-0.05, 0) is 30.4 Å². The van der Waals surface area contributed by atoms with Gasteiger partial charge in [0.05, 0.1) is 0 Å². The predicted molar refractivity (Wildman–Crippen MR) is 59.1 cm³/mol. The molecule has 1 aromatic carbocycles. The summed E-state index contributed by atoms with van der Waals surface area (Å²) in [5, 5.41) is 8.73. The van der Waals surface area contributed by atoms with E-state index in [4.69, 9.17) is 10.8 Å². The molecule has 0 aromatic heterocycles. The van der Waals surface area contributed by atoms with Crippen LogP contribution in [0.3, 0.4) is 0 Å². The zero-order valence-corrected chi connectivity index (χ0v) is 8.74. The molecule has 0 fully saturated rings. The van der Waals surface area contributed by atoms with Crippen LogP contribution in [0.15, 0.2) is 24.3 Å². The van der Waals surface area contributed by atoms with Crippen LogP contribution < -0.4 is 5.73 Å². The highest BCUT2D eigenvalue weighted by atomic mass is 16.2. The second kappa shape index (κ2) is 5.78. The van der Waals surface area contributed by atoms with E-state index >= 15 is 0 Å². The molecule has 3 N–H and O–H groups in total. The summed E-state index contributed by atoms with van der Waals surface area (Å²) in [7, 11) is 0. The molecular weight excluding hydrogens is 174 g/mol. The minimum absolute atomic E-state index is 0.0679. The SMILES string of the molecule is CCc1ccccc1[C@H](N)CCCO. The first-order valence-corrected chi connectivity index (χ1v) is 5.23. The number of hydrogen-bond donors (Lipinski definition) is 2. The van der Waals surface area contributed by atoms with E-state index < -0.39 is 0 Å². The average Bonchev–Trinajstić information content (AvgIpc) is 2.25. The van der Waals surface area contributed by atoms with E-state index in [-0.39, 0.29) is 12.6 Å². The zero-order valence-electron chi connectivity index (χ0n) is 8.74. The van der Waals surface area contributed by atoms with E-state index in [1.807, 2.05) is 12.1 Å². The number of rotatable bonds is 5. The molecule has 0 aliphatic carbocycles. The monoisotopic (exact) mass is 193 g/mol. The molecule has 14 heavy (non-hydrogen) atoms. The summed E-state index contributed by atoms with van der Waals surface area (Å²) in [5.41, 5.74) is 8.59. The van der Waals surface area contributed by atoms with Gasteiger partial charge in [-0.1, -0.05) is 31.2 Å². The van der Waals surface area contributed by atoms with Crippen molar-refractivity contribution in [3.63, 3.8) is 0 Å². The lowest BCUT2D eigenvalue weighted by Gasteiger charge is -2.15. The fourth-order valence-corrected chi connectivity index (χ4v) is 1.68. The molecule has 1 rings (SSSR count). The van der Waals surface area contributed by atoms with Gasteiger partial charge >= 0.3 is 0 Å². The lowest BCUT2D eigenvalue weighted by atomic mass is 9.96. The highest BCUT2D eigenvalue weighted by Crippen LogP contribution is 2.20. The minimum Gasteiger partial charge on any atom is -0.396 e. The summed E-state index contributed by atoms with van der Waals surface area (Å²) in [6.07, 6.45) is 2.65. The fraction of sp³-hybridized carbons (Fsp3) is 0.500. The number of nitrogens with two attached hydrogens (primary N) is 1. The molecule has 0 saturated heterocycles. The smallest absolute Gasteiger partial charge is 0.0431 e. The molecule has 0 bridgehead atoms. The largest absolute Gasteiger partial charge is 0.396 e. The fourth-order valence-electron chi connectivity index (χ4n) is 1.68. The van der Waals surface area contributed by atoms with Gasteiger partial charge in [-0.2, -0.15) is 0 Å². The maximum atomic E-state index is 8.73. The highest BCUT2D eigenvalue weighted by Gasteiger charge is 2.08. The molecule has 0 aliphatic heterocycles. The van der Waals surface area contributed by atoms with Crippen molar-refractivity contribution in [3.05, 3.63) is 35.4 Å². The Morgan fingerprint density at radius 1 is 1.36 bits per heavy atom. The van der Waals surface area contributed by atoms with Crippen molar-refractivity contribution in [1.82, 2.24) is 0 Å². The Bertz CT molecular complexity index is 273. The second-order valence-corrected chi connectivity index (χ2v) is 3.52. The molecule has 2 heteroatoms. The highest BCUT2D eigenvalue weighted by molar-refractivity contribution is 5.29. The standard InChI is InChI=1S/C12H19NO/c1-2-10-6-3-4-7-11(10)12(13)8-5-9-14/h3-4,6-7,12,14H,2,5,8-9,13H2,1H3/t12-/m1/s1. The topological polar surface area (TPSA) is 46.2 Å². The predicted octanol–water partition coefficient (Wildman–Crippen LogP) is 2.02. The van der Waals surface area contributed by atoms with Gasteiger partial charge in [-0.15, -0.1) is 0 Å². The second-order valence-electron chi connectivity index (χ2n) is 3.52. The van der Waals surface area contributed by atoms with Crippen molar-refractivity contribution in [1.29, 1.82) is 0 Å². The molecule has 0 amide bonds. The number of benzene rings is 1. The van der Waals surface area contributed by atoms with Crippen LogP contribution >= 0.6 is 0 Å². The molecule has 1 aromatic rings. The van der Waals surface area contributed by atoms with Crippen molar-refractivity contribution in [2.75, 3.05) is 6.61 Å². The van der Waals surface area contributed by atoms with Gasteiger partial charge in [0.2, 0.25) is 0 Å². The zero-order chi connectivity index (χ0) is 10.4. The van der Waals surface area contributed by atoms with Crippen LogP contribution in [0.2, 0.25) is 0 Å². The van der Waals surface area contributed by atoms with E-state index in [1.165, 1.54) is 11.1 Å². The minimum atomic E-state index is 0.0679. The van der Waals surface area contributed by atoms with Crippen molar-refractivity contribution < 1.29 is 5.11 Å². The molecule has 78 valence electrons. The van der Waals surface area contributed by atoms with Crippen molar-refractivity contribution in [3.8, 4) is 0 Å². The lowest BCUT2D eigenvalue weighted by molar-refractivity contribution is 0.280. The Morgan fingerprint density at radius 2 is 2.07 bits per heavy atom. The van der Waals surface area contributed by atoms with Gasteiger partial charge in [0.1, 0.15) is 0 Å². The Labute approximate surface area is 85.8 Å². The van der Waals surface area contributed by atoms with E-state index in [2.05, 4.69) is 19.1 Å². The van der Waals surface area contributed by atoms with Crippen molar-refractivity contribution in [2.45, 2.75) is 32.2 Å². The number of hydrogen-bond acceptors (Lipinski definition) is 2. The first kappa shape index (κ1) is 11.2. The average molecular weight is 193 g/mol. The van der Waals surface area contributed by atoms with Crippen LogP contribution in [0.4, 0.5) is 0 Å². The summed E-state index contributed by atoms with van der Waals surface area (Å²) in [6, 6.07) is 8.34. The Hall–Kier alpha value is -0.860. The van der Waals surface area contributed by atoms with Crippen LogP contribution in [0.25, 0.3) is 0 Å². The van der Waals surface area contributed by atoms with Crippen LogP contribution in [-0.2, 0) is 6.42 Å². The van der Waals surface area contributed by atoms with E-state index in [1.54, 1.807) is 0 Å². The van der Waals surface area contributed by atoms with Gasteiger partial charge in [-0.3, -0.25) is 0 Å². The quantitative estimate of drug-likeness (QED) is 0.751. The van der Waals surface area contributed by atoms with E-state index in [0.717, 1.165) is 19.3 Å². The molecule has 0 heterocycles.